The molecular weight excluding hydrogens is 320 g/mol. The molecule has 2 saturated carbocycles. The molecule has 2 fully saturated rings. The lowest BCUT2D eigenvalue weighted by Gasteiger charge is -2.39. The van der Waals surface area contributed by atoms with E-state index in [4.69, 9.17) is 24.8 Å². The first-order valence-corrected chi connectivity index (χ1v) is 10.7. The van der Waals surface area contributed by atoms with Crippen LogP contribution in [-0.2, 0) is 12.6 Å². The number of thiocarbonyl (C=S) groups is 1. The molecule has 23 heavy (non-hydrogen) atoms. The summed E-state index contributed by atoms with van der Waals surface area (Å²) in [6.45, 7) is 14.2. The summed E-state index contributed by atoms with van der Waals surface area (Å²) in [6, 6.07) is 1.37. The van der Waals surface area contributed by atoms with Gasteiger partial charge in [-0.2, -0.15) is 0 Å². The van der Waals surface area contributed by atoms with Gasteiger partial charge in [0.15, 0.2) is 0 Å². The summed E-state index contributed by atoms with van der Waals surface area (Å²) in [5.41, 5.74) is 0. The van der Waals surface area contributed by atoms with Crippen molar-refractivity contribution in [1.82, 2.24) is 4.90 Å². The Bertz CT molecular complexity index is 297. The van der Waals surface area contributed by atoms with Crippen molar-refractivity contribution in [2.75, 3.05) is 26.2 Å². The van der Waals surface area contributed by atoms with Crippen LogP contribution in [0.5, 0.6) is 0 Å². The van der Waals surface area contributed by atoms with E-state index in [-0.39, 0.29) is 0 Å². The summed E-state index contributed by atoms with van der Waals surface area (Å²) in [7, 11) is 0. The molecule has 0 atom stereocenters. The van der Waals surface area contributed by atoms with Crippen molar-refractivity contribution >= 4 is 29.2 Å². The molecule has 0 amide bonds. The summed E-state index contributed by atoms with van der Waals surface area (Å²) in [4.78, 5) is 2.39. The van der Waals surface area contributed by atoms with E-state index in [1.807, 2.05) is 0 Å². The van der Waals surface area contributed by atoms with Crippen LogP contribution < -0.4 is 0 Å². The van der Waals surface area contributed by atoms with Gasteiger partial charge < -0.3 is 34.2 Å². The zero-order valence-electron chi connectivity index (χ0n) is 15.9. The second-order valence-electron chi connectivity index (χ2n) is 7.16. The van der Waals surface area contributed by atoms with Gasteiger partial charge in [0, 0.05) is 12.1 Å². The third-order valence-electron chi connectivity index (χ3n) is 6.33. The van der Waals surface area contributed by atoms with Crippen molar-refractivity contribution in [2.24, 2.45) is 0 Å². The number of hydrogen-bond donors (Lipinski definition) is 0. The highest BCUT2D eigenvalue weighted by Crippen LogP contribution is 2.31. The molecule has 0 aromatic rings. The van der Waals surface area contributed by atoms with E-state index >= 15 is 0 Å². The van der Waals surface area contributed by atoms with Crippen LogP contribution in [0.25, 0.3) is 0 Å². The van der Waals surface area contributed by atoms with Gasteiger partial charge in [0.2, 0.25) is 0 Å². The first kappa shape index (κ1) is 21.1. The van der Waals surface area contributed by atoms with Crippen LogP contribution in [0.3, 0.4) is 0 Å². The number of hydrogen-bond acceptors (Lipinski definition) is 2. The third kappa shape index (κ3) is 6.13. The van der Waals surface area contributed by atoms with Crippen LogP contribution in [0.4, 0.5) is 0 Å². The standard InChI is InChI=1S/C11H19NS2.C8H20N/c13-11(14)12(9-5-1-2-6-9)10-7-3-4-8-10;1-5-9(6-2,7-3)8-4/h9-10H,1-8H2,(H,13,14);5-8H2,1-4H3/q;+1/p-1. The van der Waals surface area contributed by atoms with E-state index in [2.05, 4.69) is 32.6 Å². The number of rotatable bonds is 6. The van der Waals surface area contributed by atoms with Gasteiger partial charge in [-0.25, -0.2) is 0 Å². The maximum atomic E-state index is 5.23. The Morgan fingerprint density at radius 1 is 0.826 bits per heavy atom. The molecule has 2 nitrogen and oxygen atoms in total. The van der Waals surface area contributed by atoms with Crippen molar-refractivity contribution in [1.29, 1.82) is 0 Å². The van der Waals surface area contributed by atoms with Crippen molar-refractivity contribution < 1.29 is 4.48 Å². The number of quaternary nitrogens is 1. The largest absolute Gasteiger partial charge is 0.411 e. The molecule has 0 N–H and O–H groups in total. The highest BCUT2D eigenvalue weighted by atomic mass is 32.1. The molecule has 2 aliphatic rings. The van der Waals surface area contributed by atoms with Gasteiger partial charge in [-0.1, -0.05) is 30.0 Å². The molecule has 0 aromatic carbocycles. The Labute approximate surface area is 156 Å². The Hall–Kier alpha value is 0.0700. The SMILES string of the molecule is CC[N+](CC)(CC)CC.S=C([S-])N(C1CCCC1)C1CCCC1. The van der Waals surface area contributed by atoms with Crippen LogP contribution in [0.1, 0.15) is 79.1 Å². The summed E-state index contributed by atoms with van der Waals surface area (Å²) in [5.74, 6) is 0. The third-order valence-corrected chi connectivity index (χ3v) is 6.75. The minimum atomic E-state index is 0.683. The number of nitrogens with zero attached hydrogens (tertiary/aromatic N) is 2. The smallest absolute Gasteiger partial charge is 0.0757 e. The molecule has 4 heteroatoms. The Kier molecular flexibility index (Phi) is 9.95. The van der Waals surface area contributed by atoms with Gasteiger partial charge in [-0.3, -0.25) is 0 Å². The molecule has 0 heterocycles. The molecule has 2 aliphatic carbocycles. The van der Waals surface area contributed by atoms with Crippen LogP contribution in [-0.4, -0.2) is 52.0 Å². The van der Waals surface area contributed by atoms with Crippen LogP contribution in [0.2, 0.25) is 0 Å². The molecule has 0 unspecified atom stereocenters. The Morgan fingerprint density at radius 3 is 1.30 bits per heavy atom. The molecular formula is C19H38N2S2. The van der Waals surface area contributed by atoms with Crippen LogP contribution in [0.15, 0.2) is 0 Å². The second kappa shape index (κ2) is 10.8. The zero-order chi connectivity index (χ0) is 17.3. The van der Waals surface area contributed by atoms with Crippen molar-refractivity contribution in [2.45, 2.75) is 91.1 Å². The molecule has 0 aromatic heterocycles. The van der Waals surface area contributed by atoms with Crippen molar-refractivity contribution in [3.63, 3.8) is 0 Å². The van der Waals surface area contributed by atoms with E-state index in [0.717, 1.165) is 4.32 Å². The molecule has 2 rings (SSSR count). The lowest BCUT2D eigenvalue weighted by atomic mass is 10.1. The summed E-state index contributed by atoms with van der Waals surface area (Å²) < 4.78 is 2.00. The van der Waals surface area contributed by atoms with E-state index in [1.54, 1.807) is 0 Å². The summed E-state index contributed by atoms with van der Waals surface area (Å²) >= 11 is 10.5. The Balaban J connectivity index is 0.000000257. The lowest BCUT2D eigenvalue weighted by Crippen LogP contribution is -2.47. The highest BCUT2D eigenvalue weighted by molar-refractivity contribution is 8.00. The van der Waals surface area contributed by atoms with Crippen LogP contribution >= 0.6 is 12.2 Å². The zero-order valence-corrected chi connectivity index (χ0v) is 17.5. The van der Waals surface area contributed by atoms with Crippen molar-refractivity contribution in [3.8, 4) is 0 Å². The fraction of sp³-hybridized carbons (Fsp3) is 0.947. The predicted molar refractivity (Wildman–Crippen MR) is 109 cm³/mol. The van der Waals surface area contributed by atoms with E-state index in [0.29, 0.717) is 12.1 Å². The molecule has 0 bridgehead atoms. The fourth-order valence-corrected chi connectivity index (χ4v) is 4.90. The summed E-state index contributed by atoms with van der Waals surface area (Å²) in [6.07, 6.45) is 10.7. The monoisotopic (exact) mass is 358 g/mol. The molecule has 0 saturated heterocycles. The summed E-state index contributed by atoms with van der Waals surface area (Å²) in [5, 5.41) is 0. The quantitative estimate of drug-likeness (QED) is 0.378. The van der Waals surface area contributed by atoms with Gasteiger partial charge in [0.1, 0.15) is 0 Å². The fourth-order valence-electron chi connectivity index (χ4n) is 4.30. The normalized spacial score (nSPS) is 19.5. The van der Waals surface area contributed by atoms with Gasteiger partial charge >= 0.3 is 0 Å². The first-order valence-electron chi connectivity index (χ1n) is 9.87. The minimum absolute atomic E-state index is 0.683. The van der Waals surface area contributed by atoms with Gasteiger partial charge in [-0.15, -0.1) is 0 Å². The van der Waals surface area contributed by atoms with Crippen LogP contribution in [0, 0.1) is 0 Å². The predicted octanol–water partition coefficient (Wildman–Crippen LogP) is 4.89. The minimum Gasteiger partial charge on any atom is -0.411 e. The topological polar surface area (TPSA) is 3.24 Å². The lowest BCUT2D eigenvalue weighted by molar-refractivity contribution is -0.921. The maximum Gasteiger partial charge on any atom is 0.0757 e. The van der Waals surface area contributed by atoms with Gasteiger partial charge in [-0.05, 0) is 53.4 Å². The average Bonchev–Trinajstić information content (AvgIpc) is 3.25. The highest BCUT2D eigenvalue weighted by Gasteiger charge is 2.28. The van der Waals surface area contributed by atoms with E-state index in [1.165, 1.54) is 82.0 Å². The van der Waals surface area contributed by atoms with Gasteiger partial charge in [0.05, 0.1) is 26.2 Å². The molecule has 0 spiro atoms. The van der Waals surface area contributed by atoms with Gasteiger partial charge in [0.25, 0.3) is 0 Å². The average molecular weight is 359 g/mol. The second-order valence-corrected chi connectivity index (χ2v) is 8.19. The molecule has 0 aliphatic heterocycles. The first-order chi connectivity index (χ1) is 11.0. The molecule has 136 valence electrons. The van der Waals surface area contributed by atoms with E-state index < -0.39 is 0 Å². The maximum absolute atomic E-state index is 5.23. The van der Waals surface area contributed by atoms with E-state index in [9.17, 15) is 0 Å². The van der Waals surface area contributed by atoms with Crippen molar-refractivity contribution in [3.05, 3.63) is 0 Å². The molecule has 0 radical (unpaired) electrons. The Morgan fingerprint density at radius 2 is 1.13 bits per heavy atom.